The van der Waals surface area contributed by atoms with Gasteiger partial charge in [0.25, 0.3) is 5.91 Å². The number of esters is 1. The van der Waals surface area contributed by atoms with Crippen molar-refractivity contribution in [2.24, 2.45) is 0 Å². The number of hydrogen-bond donors (Lipinski definition) is 1. The molecular weight excluding hydrogens is 458 g/mol. The smallest absolute Gasteiger partial charge is 0.349 e. The Morgan fingerprint density at radius 3 is 2.41 bits per heavy atom. The van der Waals surface area contributed by atoms with E-state index in [2.05, 4.69) is 5.32 Å². The van der Waals surface area contributed by atoms with Crippen LogP contribution in [-0.4, -0.2) is 18.5 Å². The molecule has 1 unspecified atom stereocenters. The van der Waals surface area contributed by atoms with Crippen molar-refractivity contribution < 1.29 is 23.5 Å². The fourth-order valence-electron chi connectivity index (χ4n) is 3.25. The molecule has 0 aliphatic rings. The van der Waals surface area contributed by atoms with Gasteiger partial charge in [-0.1, -0.05) is 41.9 Å². The number of benzene rings is 3. The molecule has 0 spiro atoms. The van der Waals surface area contributed by atoms with Crippen LogP contribution in [0.2, 0.25) is 5.02 Å². The third-order valence-corrected chi connectivity index (χ3v) is 5.25. The molecule has 0 saturated carbocycles. The first-order valence-electron chi connectivity index (χ1n) is 10.4. The number of carbonyl (C=O) groups excluding carboxylic acids is 2. The van der Waals surface area contributed by atoms with E-state index in [1.165, 1.54) is 18.2 Å². The summed E-state index contributed by atoms with van der Waals surface area (Å²) < 4.78 is 15.9. The molecule has 1 amide bonds. The lowest BCUT2D eigenvalue weighted by Gasteiger charge is -2.14. The Bertz CT molecular complexity index is 1380. The van der Waals surface area contributed by atoms with Crippen LogP contribution in [0.1, 0.15) is 28.9 Å². The number of rotatable bonds is 7. The maximum atomic E-state index is 12.7. The third kappa shape index (κ3) is 5.63. The Morgan fingerprint density at radius 2 is 1.68 bits per heavy atom. The summed E-state index contributed by atoms with van der Waals surface area (Å²) in [5.74, 6) is -0.530. The molecule has 3 aromatic carbocycles. The van der Waals surface area contributed by atoms with Crippen molar-refractivity contribution in [3.63, 3.8) is 0 Å². The van der Waals surface area contributed by atoms with Crippen LogP contribution >= 0.6 is 11.6 Å². The van der Waals surface area contributed by atoms with E-state index in [0.717, 1.165) is 5.56 Å². The molecule has 0 saturated heterocycles. The van der Waals surface area contributed by atoms with E-state index < -0.39 is 17.5 Å². The molecule has 0 fully saturated rings. The summed E-state index contributed by atoms with van der Waals surface area (Å²) in [4.78, 5) is 37.2. The quantitative estimate of drug-likeness (QED) is 0.230. The Balaban J connectivity index is 1.43. The molecular formula is C26H20ClNO6. The van der Waals surface area contributed by atoms with Crippen LogP contribution in [0.3, 0.4) is 0 Å². The van der Waals surface area contributed by atoms with Crippen molar-refractivity contribution in [2.45, 2.75) is 13.0 Å². The number of ether oxygens (including phenoxy) is 2. The maximum absolute atomic E-state index is 12.7. The summed E-state index contributed by atoms with van der Waals surface area (Å²) in [5.41, 5.74) is 0.185. The van der Waals surface area contributed by atoms with Crippen LogP contribution < -0.4 is 20.4 Å². The van der Waals surface area contributed by atoms with Gasteiger partial charge in [0.05, 0.1) is 6.04 Å². The van der Waals surface area contributed by atoms with E-state index in [1.807, 2.05) is 37.3 Å². The van der Waals surface area contributed by atoms with Crippen LogP contribution in [0, 0.1) is 0 Å². The van der Waals surface area contributed by atoms with E-state index in [1.54, 1.807) is 30.3 Å². The van der Waals surface area contributed by atoms with Crippen molar-refractivity contribution in [1.82, 2.24) is 5.32 Å². The lowest BCUT2D eigenvalue weighted by molar-refractivity contribution is -0.136. The van der Waals surface area contributed by atoms with Crippen molar-refractivity contribution in [3.8, 4) is 11.5 Å². The summed E-state index contributed by atoms with van der Waals surface area (Å²) in [7, 11) is 0. The molecule has 4 aromatic rings. The van der Waals surface area contributed by atoms with Gasteiger partial charge in [0.1, 0.15) is 22.6 Å². The molecule has 0 aliphatic carbocycles. The minimum absolute atomic E-state index is 0.114. The van der Waals surface area contributed by atoms with E-state index in [0.29, 0.717) is 16.2 Å². The zero-order chi connectivity index (χ0) is 24.1. The highest BCUT2D eigenvalue weighted by Gasteiger charge is 2.17. The maximum Gasteiger partial charge on any atom is 0.349 e. The Morgan fingerprint density at radius 1 is 0.971 bits per heavy atom. The molecule has 1 aromatic heterocycles. The van der Waals surface area contributed by atoms with Crippen molar-refractivity contribution in [1.29, 1.82) is 0 Å². The molecule has 0 radical (unpaired) electrons. The second kappa shape index (κ2) is 10.2. The Labute approximate surface area is 199 Å². The monoisotopic (exact) mass is 477 g/mol. The number of amides is 1. The van der Waals surface area contributed by atoms with E-state index in [4.69, 9.17) is 25.5 Å². The highest BCUT2D eigenvalue weighted by atomic mass is 35.5. The van der Waals surface area contributed by atoms with Crippen LogP contribution in [-0.2, 0) is 4.79 Å². The first-order valence-corrected chi connectivity index (χ1v) is 10.8. The van der Waals surface area contributed by atoms with Gasteiger partial charge in [-0.25, -0.2) is 9.59 Å². The van der Waals surface area contributed by atoms with Gasteiger partial charge in [-0.2, -0.15) is 0 Å². The standard InChI is InChI=1S/C26H20ClNO6/c1-16(17-5-3-2-4-6-17)28-25(30)22-13-18-7-10-21(14-23(18)34-26(22)31)33-24(29)15-32-20-11-8-19(27)9-12-20/h2-14,16H,15H2,1H3,(H,28,30). The summed E-state index contributed by atoms with van der Waals surface area (Å²) in [6, 6.07) is 21.7. The first kappa shape index (κ1) is 23.1. The molecule has 34 heavy (non-hydrogen) atoms. The topological polar surface area (TPSA) is 94.8 Å². The number of nitrogens with one attached hydrogen (secondary N) is 1. The number of fused-ring (bicyclic) bond motifs is 1. The fraction of sp³-hybridized carbons (Fsp3) is 0.115. The average Bonchev–Trinajstić information content (AvgIpc) is 2.83. The normalized spacial score (nSPS) is 11.6. The second-order valence-corrected chi connectivity index (χ2v) is 7.91. The largest absolute Gasteiger partial charge is 0.482 e. The van der Waals surface area contributed by atoms with Crippen LogP contribution in [0.25, 0.3) is 11.0 Å². The zero-order valence-electron chi connectivity index (χ0n) is 18.1. The van der Waals surface area contributed by atoms with Crippen LogP contribution in [0.15, 0.2) is 88.1 Å². The number of halogens is 1. The zero-order valence-corrected chi connectivity index (χ0v) is 18.9. The highest BCUT2D eigenvalue weighted by molar-refractivity contribution is 6.30. The first-order chi connectivity index (χ1) is 16.4. The molecule has 0 bridgehead atoms. The predicted octanol–water partition coefficient (Wildman–Crippen LogP) is 4.92. The molecule has 172 valence electrons. The molecule has 7 nitrogen and oxygen atoms in total. The fourth-order valence-corrected chi connectivity index (χ4v) is 3.37. The van der Waals surface area contributed by atoms with Gasteiger partial charge in [0.2, 0.25) is 0 Å². The lowest BCUT2D eigenvalue weighted by atomic mass is 10.1. The number of carbonyl (C=O) groups is 2. The third-order valence-electron chi connectivity index (χ3n) is 5.00. The highest BCUT2D eigenvalue weighted by Crippen LogP contribution is 2.22. The van der Waals surface area contributed by atoms with Gasteiger partial charge in [-0.3, -0.25) is 4.79 Å². The van der Waals surface area contributed by atoms with Gasteiger partial charge in [0, 0.05) is 16.5 Å². The molecule has 1 N–H and O–H groups in total. The average molecular weight is 478 g/mol. The van der Waals surface area contributed by atoms with Gasteiger partial charge in [-0.05, 0) is 55.0 Å². The summed E-state index contributed by atoms with van der Waals surface area (Å²) in [6.45, 7) is 1.51. The summed E-state index contributed by atoms with van der Waals surface area (Å²) >= 11 is 5.81. The Kier molecular flexibility index (Phi) is 6.94. The molecule has 1 heterocycles. The van der Waals surface area contributed by atoms with E-state index in [-0.39, 0.29) is 29.5 Å². The van der Waals surface area contributed by atoms with E-state index in [9.17, 15) is 14.4 Å². The van der Waals surface area contributed by atoms with E-state index >= 15 is 0 Å². The van der Waals surface area contributed by atoms with Crippen molar-refractivity contribution in [3.05, 3.63) is 105 Å². The summed E-state index contributed by atoms with van der Waals surface area (Å²) in [6.07, 6.45) is 0. The van der Waals surface area contributed by atoms with Gasteiger partial charge in [0.15, 0.2) is 6.61 Å². The second-order valence-electron chi connectivity index (χ2n) is 7.47. The minimum atomic E-state index is -0.792. The molecule has 1 atom stereocenters. The van der Waals surface area contributed by atoms with Crippen LogP contribution in [0.5, 0.6) is 11.5 Å². The SMILES string of the molecule is CC(NC(=O)c1cc2ccc(OC(=O)COc3ccc(Cl)cc3)cc2oc1=O)c1ccccc1. The van der Waals surface area contributed by atoms with Crippen LogP contribution in [0.4, 0.5) is 0 Å². The molecule has 4 rings (SSSR count). The predicted molar refractivity (Wildman–Crippen MR) is 127 cm³/mol. The Hall–Kier alpha value is -4.10. The van der Waals surface area contributed by atoms with Gasteiger partial charge in [-0.15, -0.1) is 0 Å². The van der Waals surface area contributed by atoms with Crippen molar-refractivity contribution in [2.75, 3.05) is 6.61 Å². The lowest BCUT2D eigenvalue weighted by Crippen LogP contribution is -2.30. The molecule has 0 aliphatic heterocycles. The van der Waals surface area contributed by atoms with Gasteiger partial charge >= 0.3 is 11.6 Å². The van der Waals surface area contributed by atoms with Crippen molar-refractivity contribution >= 4 is 34.4 Å². The van der Waals surface area contributed by atoms with Gasteiger partial charge < -0.3 is 19.2 Å². The minimum Gasteiger partial charge on any atom is -0.482 e. The molecule has 8 heteroatoms. The summed E-state index contributed by atoms with van der Waals surface area (Å²) in [5, 5.41) is 3.86. The number of hydrogen-bond acceptors (Lipinski definition) is 6.